The molecule has 0 heterocycles. The van der Waals surface area contributed by atoms with Gasteiger partial charge >= 0.3 is 0 Å². The van der Waals surface area contributed by atoms with E-state index in [1.807, 2.05) is 97.1 Å². The lowest BCUT2D eigenvalue weighted by Crippen LogP contribution is -1.92. The van der Waals surface area contributed by atoms with E-state index >= 15 is 0 Å². The highest BCUT2D eigenvalue weighted by molar-refractivity contribution is 6.30. The third kappa shape index (κ3) is 11.4. The van der Waals surface area contributed by atoms with Gasteiger partial charge in [0.1, 0.15) is 0 Å². The van der Waals surface area contributed by atoms with Crippen molar-refractivity contribution >= 4 is 86.2 Å². The molecule has 20 aromatic rings. The number of nitrogens with zero attached hydrogens (tertiary/aromatic N) is 6. The van der Waals surface area contributed by atoms with Gasteiger partial charge in [-0.1, -0.05) is 206 Å². The summed E-state index contributed by atoms with van der Waals surface area (Å²) in [4.78, 5) is 0. The maximum Gasteiger partial charge on any atom is 0.0991 e. The van der Waals surface area contributed by atoms with Crippen molar-refractivity contribution in [2.45, 2.75) is 27.7 Å². The summed E-state index contributed by atoms with van der Waals surface area (Å²) in [5.41, 5.74) is 36.6. The van der Waals surface area contributed by atoms with Gasteiger partial charge < -0.3 is 0 Å². The predicted molar refractivity (Wildman–Crippen MR) is 493 cm³/mol. The summed E-state index contributed by atoms with van der Waals surface area (Å²) in [6.45, 7) is 8.80. The van der Waals surface area contributed by atoms with Crippen LogP contribution >= 0.6 is 0 Å². The lowest BCUT2D eigenvalue weighted by Gasteiger charge is -2.18. The molecule has 0 atom stereocenters. The average molecular weight is 1520 g/mol. The molecule has 0 N–H and O–H groups in total. The van der Waals surface area contributed by atoms with Crippen molar-refractivity contribution in [1.82, 2.24) is 0 Å². The van der Waals surface area contributed by atoms with Crippen LogP contribution in [0.1, 0.15) is 55.6 Å². The fourth-order valence-electron chi connectivity index (χ4n) is 19.6. The summed E-state index contributed by atoms with van der Waals surface area (Å²) < 4.78 is 0. The Morgan fingerprint density at radius 3 is 0.658 bits per heavy atom. The summed E-state index contributed by atoms with van der Waals surface area (Å²) in [5.74, 6) is 0. The molecule has 0 aliphatic heterocycles. The summed E-state index contributed by atoms with van der Waals surface area (Å²) >= 11 is 0. The van der Waals surface area contributed by atoms with E-state index in [9.17, 15) is 31.6 Å². The minimum atomic E-state index is 0.634. The van der Waals surface area contributed by atoms with Crippen molar-refractivity contribution < 1.29 is 0 Å². The van der Waals surface area contributed by atoms with Crippen molar-refractivity contribution in [2.75, 3.05) is 0 Å². The third-order valence-corrected chi connectivity index (χ3v) is 25.1. The number of benzene rings is 20. The first-order valence-electron chi connectivity index (χ1n) is 40.2. The van der Waals surface area contributed by atoms with Gasteiger partial charge in [-0.2, -0.15) is 31.6 Å². The van der Waals surface area contributed by atoms with Crippen LogP contribution in [0.3, 0.4) is 0 Å². The van der Waals surface area contributed by atoms with E-state index in [2.05, 4.69) is 295 Å². The van der Waals surface area contributed by atoms with Crippen molar-refractivity contribution in [2.24, 2.45) is 0 Å². The Labute approximate surface area is 694 Å². The topological polar surface area (TPSA) is 143 Å². The Hall–Kier alpha value is -16.6. The van der Waals surface area contributed by atoms with Gasteiger partial charge in [0.05, 0.1) is 69.8 Å². The lowest BCUT2D eigenvalue weighted by atomic mass is 9.86. The Morgan fingerprint density at radius 2 is 0.367 bits per heavy atom. The van der Waals surface area contributed by atoms with E-state index in [1.54, 1.807) is 0 Å². The molecular formula is C114H66N6. The molecule has 552 valence electrons. The zero-order valence-electron chi connectivity index (χ0n) is 65.9. The van der Waals surface area contributed by atoms with Crippen molar-refractivity contribution in [3.63, 3.8) is 0 Å². The van der Waals surface area contributed by atoms with E-state index in [-0.39, 0.29) is 0 Å². The maximum absolute atomic E-state index is 9.67. The van der Waals surface area contributed by atoms with Gasteiger partial charge in [0.15, 0.2) is 0 Å². The molecule has 22 rings (SSSR count). The van der Waals surface area contributed by atoms with Crippen molar-refractivity contribution in [3.05, 3.63) is 383 Å². The molecule has 2 aliphatic rings. The molecule has 0 saturated heterocycles. The van der Waals surface area contributed by atoms with Crippen LogP contribution in [0.4, 0.5) is 0 Å². The van der Waals surface area contributed by atoms with Crippen LogP contribution in [0.2, 0.25) is 0 Å². The minimum Gasteiger partial charge on any atom is -0.192 e. The predicted octanol–water partition coefficient (Wildman–Crippen LogP) is 29.7. The number of fused-ring (bicyclic) bond motifs is 16. The number of aryl methyl sites for hydroxylation is 4. The first-order chi connectivity index (χ1) is 58.8. The van der Waals surface area contributed by atoms with E-state index in [0.717, 1.165) is 99.1 Å². The van der Waals surface area contributed by atoms with Crippen LogP contribution in [-0.2, 0) is 0 Å². The number of hydrogen-bond acceptors (Lipinski definition) is 6. The highest BCUT2D eigenvalue weighted by Gasteiger charge is 2.30. The zero-order chi connectivity index (χ0) is 81.3. The van der Waals surface area contributed by atoms with Crippen LogP contribution in [0, 0.1) is 95.7 Å². The average Bonchev–Trinajstić information content (AvgIpc) is 1.49. The minimum absolute atomic E-state index is 0.634. The van der Waals surface area contributed by atoms with Crippen LogP contribution in [0.5, 0.6) is 0 Å². The highest BCUT2D eigenvalue weighted by atomic mass is 14.3. The summed E-state index contributed by atoms with van der Waals surface area (Å²) in [6, 6.07) is 129. The van der Waals surface area contributed by atoms with E-state index in [1.165, 1.54) is 143 Å². The standard InChI is InChI=1S/2C57H33N3/c1-33-24-41(38-16-10-35(30-58)11-17-38)25-34(2)56(33)46-22-23-47-52-28-53-49(40-20-14-37(32-60)15-21-40)27-50-43-7-4-3-6-42(43)48(39-18-12-36(31-59)13-19-39)26-54(50)55(53)29-51(52)45-9-5-8-44(46)57(45)47;1-33-24-41(38-16-10-35(30-58)11-17-38)25-34(2)56(33)46-22-23-47-52-29-55-53(28-51(52)45-9-5-8-44(46)57(45)47)49(40-20-14-37(32-60)15-21-40)27-50-43-7-4-3-6-42(43)48(26-54(50)55)39-18-12-36(31-59)13-19-39/h2*3-29H,1-2H3. The quantitative estimate of drug-likeness (QED) is 0.139. The van der Waals surface area contributed by atoms with Gasteiger partial charge in [0, 0.05) is 0 Å². The summed E-state index contributed by atoms with van der Waals surface area (Å²) in [6.07, 6.45) is 0. The second-order valence-electron chi connectivity index (χ2n) is 31.7. The Morgan fingerprint density at radius 1 is 0.150 bits per heavy atom. The zero-order valence-corrected chi connectivity index (χ0v) is 65.9. The lowest BCUT2D eigenvalue weighted by molar-refractivity contribution is 1.38. The molecule has 0 aromatic heterocycles. The van der Waals surface area contributed by atoms with Gasteiger partial charge in [0.25, 0.3) is 0 Å². The fourth-order valence-corrected chi connectivity index (χ4v) is 19.6. The number of hydrogen-bond donors (Lipinski definition) is 0. The second kappa shape index (κ2) is 28.2. The molecule has 2 aliphatic carbocycles. The Bertz CT molecular complexity index is 7710. The molecule has 0 spiro atoms. The molecule has 0 fully saturated rings. The molecule has 20 aromatic carbocycles. The van der Waals surface area contributed by atoms with Crippen molar-refractivity contribution in [3.8, 4) is 170 Å². The smallest absolute Gasteiger partial charge is 0.0991 e. The van der Waals surface area contributed by atoms with Crippen LogP contribution in [-0.4, -0.2) is 0 Å². The van der Waals surface area contributed by atoms with Crippen LogP contribution < -0.4 is 0 Å². The van der Waals surface area contributed by atoms with Gasteiger partial charge in [0.2, 0.25) is 0 Å². The van der Waals surface area contributed by atoms with Gasteiger partial charge in [-0.25, -0.2) is 0 Å². The van der Waals surface area contributed by atoms with Crippen LogP contribution in [0.25, 0.3) is 220 Å². The number of nitriles is 6. The molecule has 0 unspecified atom stereocenters. The first-order valence-corrected chi connectivity index (χ1v) is 40.2. The molecule has 6 nitrogen and oxygen atoms in total. The first kappa shape index (κ1) is 71.2. The van der Waals surface area contributed by atoms with Crippen LogP contribution in [0.15, 0.2) is 328 Å². The SMILES string of the molecule is Cc1cc(-c2ccc(C#N)cc2)cc(C)c1-c1ccc2c3c(cccc13)-c1cc3c(-c4ccc(C#N)cc4)cc4c5ccccc5c(-c5ccc(C#N)cc5)cc4c3cc1-2.Cc1cc(-c2ccc(C#N)cc2)cc(C)c1-c1ccc2c3c(cccc13)-c1cc3c(cc1-2)c(-c1ccc(C#N)cc1)cc1c2ccccc2c(-c2ccc(C#N)cc2)cc31. The summed E-state index contributed by atoms with van der Waals surface area (Å²) in [5, 5.41) is 76.1. The second-order valence-corrected chi connectivity index (χ2v) is 31.7. The summed E-state index contributed by atoms with van der Waals surface area (Å²) in [7, 11) is 0. The van der Waals surface area contributed by atoms with E-state index in [0.29, 0.717) is 33.4 Å². The molecule has 120 heavy (non-hydrogen) atoms. The monoisotopic (exact) mass is 1520 g/mol. The molecule has 0 saturated carbocycles. The highest BCUT2D eigenvalue weighted by Crippen LogP contribution is 2.57. The van der Waals surface area contributed by atoms with E-state index in [4.69, 9.17) is 0 Å². The number of rotatable bonds is 8. The van der Waals surface area contributed by atoms with Gasteiger partial charge in [-0.15, -0.1) is 0 Å². The largest absolute Gasteiger partial charge is 0.192 e. The molecular weight excluding hydrogens is 1450 g/mol. The molecule has 0 radical (unpaired) electrons. The third-order valence-electron chi connectivity index (χ3n) is 25.1. The Kier molecular flexibility index (Phi) is 16.7. The fraction of sp³-hybridized carbons (Fsp3) is 0.0351. The molecule has 6 heteroatoms. The Balaban J connectivity index is 0.000000148. The maximum atomic E-state index is 9.67. The van der Waals surface area contributed by atoms with E-state index < -0.39 is 0 Å². The van der Waals surface area contributed by atoms with Gasteiger partial charge in [-0.3, -0.25) is 0 Å². The molecule has 0 amide bonds. The van der Waals surface area contributed by atoms with Gasteiger partial charge in [-0.05, 0) is 391 Å². The normalized spacial score (nSPS) is 11.4. The molecule has 0 bridgehead atoms. The van der Waals surface area contributed by atoms with Crippen molar-refractivity contribution in [1.29, 1.82) is 31.6 Å².